The molecule has 1 heterocycles. The molecular weight excluding hydrogens is 284 g/mol. The lowest BCUT2D eigenvalue weighted by atomic mass is 10.0. The molecule has 0 radical (unpaired) electrons. The van der Waals surface area contributed by atoms with Gasteiger partial charge in [-0.05, 0) is 13.3 Å². The molecule has 0 aliphatic carbocycles. The van der Waals surface area contributed by atoms with Crippen molar-refractivity contribution in [3.63, 3.8) is 0 Å². The number of carbonyl (C=O) groups excluding carboxylic acids is 1. The zero-order valence-corrected chi connectivity index (χ0v) is 13.3. The van der Waals surface area contributed by atoms with E-state index >= 15 is 0 Å². The van der Waals surface area contributed by atoms with Gasteiger partial charge < -0.3 is 11.1 Å². The molecule has 0 aromatic carbocycles. The summed E-state index contributed by atoms with van der Waals surface area (Å²) in [5, 5.41) is 12.3. The summed E-state index contributed by atoms with van der Waals surface area (Å²) in [4.78, 5) is 11.8. The van der Waals surface area contributed by atoms with E-state index in [0.29, 0.717) is 5.13 Å². The SMILES string of the molecule is CCCCCc1nnc(NC(=O)C(C)C(C)N)s1.Cl. The number of halogens is 1. The molecule has 1 aromatic heterocycles. The van der Waals surface area contributed by atoms with Gasteiger partial charge in [0.05, 0.1) is 5.92 Å². The first kappa shape index (κ1) is 18.3. The molecule has 7 heteroatoms. The summed E-state index contributed by atoms with van der Waals surface area (Å²) in [6, 6.07) is -0.165. The Morgan fingerprint density at radius 1 is 1.37 bits per heavy atom. The zero-order valence-electron chi connectivity index (χ0n) is 11.7. The molecule has 19 heavy (non-hydrogen) atoms. The van der Waals surface area contributed by atoms with Crippen LogP contribution in [0.5, 0.6) is 0 Å². The first-order chi connectivity index (χ1) is 8.54. The number of amides is 1. The molecule has 0 saturated heterocycles. The van der Waals surface area contributed by atoms with Crippen molar-refractivity contribution in [1.82, 2.24) is 10.2 Å². The van der Waals surface area contributed by atoms with Gasteiger partial charge >= 0.3 is 0 Å². The van der Waals surface area contributed by atoms with Gasteiger partial charge in [-0.1, -0.05) is 38.0 Å². The van der Waals surface area contributed by atoms with Crippen molar-refractivity contribution in [3.05, 3.63) is 5.01 Å². The minimum Gasteiger partial charge on any atom is -0.327 e. The smallest absolute Gasteiger partial charge is 0.230 e. The second kappa shape index (κ2) is 9.23. The summed E-state index contributed by atoms with van der Waals surface area (Å²) in [7, 11) is 0. The van der Waals surface area contributed by atoms with E-state index in [1.54, 1.807) is 0 Å². The van der Waals surface area contributed by atoms with Crippen molar-refractivity contribution in [3.8, 4) is 0 Å². The van der Waals surface area contributed by atoms with E-state index in [1.807, 2.05) is 13.8 Å². The maximum Gasteiger partial charge on any atom is 0.230 e. The Balaban J connectivity index is 0.00000324. The average molecular weight is 307 g/mol. The van der Waals surface area contributed by atoms with E-state index in [-0.39, 0.29) is 30.3 Å². The minimum absolute atomic E-state index is 0. The summed E-state index contributed by atoms with van der Waals surface area (Å²) in [6.45, 7) is 5.80. The van der Waals surface area contributed by atoms with Crippen molar-refractivity contribution < 1.29 is 4.79 Å². The van der Waals surface area contributed by atoms with Crippen molar-refractivity contribution in [2.75, 3.05) is 5.32 Å². The molecule has 0 fully saturated rings. The van der Waals surface area contributed by atoms with Crippen LogP contribution in [0.1, 0.15) is 45.0 Å². The number of rotatable bonds is 7. The van der Waals surface area contributed by atoms with Crippen LogP contribution in [0.3, 0.4) is 0 Å². The number of aryl methyl sites for hydroxylation is 1. The lowest BCUT2D eigenvalue weighted by molar-refractivity contribution is -0.119. The monoisotopic (exact) mass is 306 g/mol. The number of carbonyl (C=O) groups is 1. The molecule has 110 valence electrons. The molecule has 1 rings (SSSR count). The van der Waals surface area contributed by atoms with Crippen LogP contribution in [0.25, 0.3) is 0 Å². The van der Waals surface area contributed by atoms with E-state index in [4.69, 9.17) is 5.73 Å². The Hall–Kier alpha value is -0.720. The van der Waals surface area contributed by atoms with E-state index in [1.165, 1.54) is 24.2 Å². The third kappa shape index (κ3) is 6.31. The molecule has 3 N–H and O–H groups in total. The van der Waals surface area contributed by atoms with E-state index in [2.05, 4.69) is 22.4 Å². The molecule has 1 amide bonds. The van der Waals surface area contributed by atoms with Gasteiger partial charge in [0.25, 0.3) is 0 Å². The van der Waals surface area contributed by atoms with Gasteiger partial charge in [-0.15, -0.1) is 22.6 Å². The predicted molar refractivity (Wildman–Crippen MR) is 81.8 cm³/mol. The van der Waals surface area contributed by atoms with Crippen molar-refractivity contribution in [2.45, 2.75) is 52.5 Å². The van der Waals surface area contributed by atoms with Crippen LogP contribution in [-0.2, 0) is 11.2 Å². The second-order valence-electron chi connectivity index (χ2n) is 4.60. The molecular formula is C12H23ClN4OS. The first-order valence-corrected chi connectivity index (χ1v) is 7.25. The average Bonchev–Trinajstić information content (AvgIpc) is 2.76. The maximum absolute atomic E-state index is 11.8. The number of aromatic nitrogens is 2. The van der Waals surface area contributed by atoms with Crippen molar-refractivity contribution in [1.29, 1.82) is 0 Å². The number of anilines is 1. The Morgan fingerprint density at radius 2 is 2.05 bits per heavy atom. The lowest BCUT2D eigenvalue weighted by Crippen LogP contribution is -2.34. The van der Waals surface area contributed by atoms with Gasteiger partial charge in [-0.3, -0.25) is 4.79 Å². The van der Waals surface area contributed by atoms with Crippen LogP contribution in [-0.4, -0.2) is 22.1 Å². The van der Waals surface area contributed by atoms with Gasteiger partial charge in [0.1, 0.15) is 5.01 Å². The minimum atomic E-state index is -0.225. The first-order valence-electron chi connectivity index (χ1n) is 6.43. The fourth-order valence-corrected chi connectivity index (χ4v) is 2.17. The van der Waals surface area contributed by atoms with E-state index < -0.39 is 0 Å². The molecule has 0 spiro atoms. The molecule has 0 saturated carbocycles. The van der Waals surface area contributed by atoms with Gasteiger partial charge in [0.15, 0.2) is 0 Å². The molecule has 2 unspecified atom stereocenters. The molecule has 0 aliphatic heterocycles. The standard InChI is InChI=1S/C12H22N4OS.ClH/c1-4-5-6-7-10-15-16-12(18-10)14-11(17)8(2)9(3)13;/h8-9H,4-7,13H2,1-3H3,(H,14,16,17);1H. The number of unbranched alkanes of at least 4 members (excludes halogenated alkanes) is 2. The van der Waals surface area contributed by atoms with Crippen LogP contribution in [0.4, 0.5) is 5.13 Å². The van der Waals surface area contributed by atoms with Crippen molar-refractivity contribution >= 4 is 34.8 Å². The lowest BCUT2D eigenvalue weighted by Gasteiger charge is -2.13. The van der Waals surface area contributed by atoms with Crippen LogP contribution in [0.15, 0.2) is 0 Å². The Bertz CT molecular complexity index is 384. The normalized spacial score (nSPS) is 13.5. The maximum atomic E-state index is 11.8. The number of nitrogens with zero attached hydrogens (tertiary/aromatic N) is 2. The number of hydrogen-bond donors (Lipinski definition) is 2. The van der Waals surface area contributed by atoms with Crippen molar-refractivity contribution in [2.24, 2.45) is 11.7 Å². The molecule has 0 bridgehead atoms. The molecule has 1 aromatic rings. The number of hydrogen-bond acceptors (Lipinski definition) is 5. The third-order valence-corrected chi connectivity index (χ3v) is 3.79. The summed E-state index contributed by atoms with van der Waals surface area (Å²) < 4.78 is 0. The number of nitrogens with one attached hydrogen (secondary N) is 1. The fraction of sp³-hybridized carbons (Fsp3) is 0.750. The molecule has 0 aliphatic rings. The highest BCUT2D eigenvalue weighted by atomic mass is 35.5. The largest absolute Gasteiger partial charge is 0.327 e. The highest BCUT2D eigenvalue weighted by Crippen LogP contribution is 2.18. The van der Waals surface area contributed by atoms with Crippen LogP contribution >= 0.6 is 23.7 Å². The topological polar surface area (TPSA) is 80.9 Å². The Labute approximate surface area is 124 Å². The summed E-state index contributed by atoms with van der Waals surface area (Å²) in [5.41, 5.74) is 5.68. The Kier molecular flexibility index (Phi) is 8.88. The van der Waals surface area contributed by atoms with Gasteiger partial charge in [0, 0.05) is 12.5 Å². The van der Waals surface area contributed by atoms with Crippen LogP contribution < -0.4 is 11.1 Å². The van der Waals surface area contributed by atoms with Gasteiger partial charge in [0.2, 0.25) is 11.0 Å². The second-order valence-corrected chi connectivity index (χ2v) is 5.66. The van der Waals surface area contributed by atoms with Crippen LogP contribution in [0, 0.1) is 5.92 Å². The highest BCUT2D eigenvalue weighted by molar-refractivity contribution is 7.15. The summed E-state index contributed by atoms with van der Waals surface area (Å²) in [6.07, 6.45) is 4.44. The Morgan fingerprint density at radius 3 is 2.63 bits per heavy atom. The number of nitrogens with two attached hydrogens (primary N) is 1. The van der Waals surface area contributed by atoms with Gasteiger partial charge in [-0.25, -0.2) is 0 Å². The quantitative estimate of drug-likeness (QED) is 0.759. The fourth-order valence-electron chi connectivity index (χ4n) is 1.39. The van der Waals surface area contributed by atoms with E-state index in [0.717, 1.165) is 17.8 Å². The summed E-state index contributed by atoms with van der Waals surface area (Å²) in [5.74, 6) is -0.321. The molecule has 5 nitrogen and oxygen atoms in total. The predicted octanol–water partition coefficient (Wildman–Crippen LogP) is 2.61. The molecule has 2 atom stereocenters. The zero-order chi connectivity index (χ0) is 13.5. The van der Waals surface area contributed by atoms with Crippen LogP contribution in [0.2, 0.25) is 0 Å². The van der Waals surface area contributed by atoms with Gasteiger partial charge in [-0.2, -0.15) is 0 Å². The summed E-state index contributed by atoms with van der Waals surface area (Å²) >= 11 is 1.45. The third-order valence-electron chi connectivity index (χ3n) is 2.89. The highest BCUT2D eigenvalue weighted by Gasteiger charge is 2.18. The van der Waals surface area contributed by atoms with E-state index in [9.17, 15) is 4.79 Å².